The van der Waals surface area contributed by atoms with Crippen molar-refractivity contribution in [2.45, 2.75) is 26.3 Å². The van der Waals surface area contributed by atoms with E-state index in [4.69, 9.17) is 5.73 Å². The smallest absolute Gasteiger partial charge is 0.251 e. The van der Waals surface area contributed by atoms with E-state index in [1.165, 1.54) is 0 Å². The van der Waals surface area contributed by atoms with Gasteiger partial charge in [-0.2, -0.15) is 0 Å². The molecule has 6 heteroatoms. The van der Waals surface area contributed by atoms with E-state index >= 15 is 0 Å². The molecule has 1 aromatic rings. The van der Waals surface area contributed by atoms with E-state index in [-0.39, 0.29) is 12.5 Å². The molecule has 1 atom stereocenters. The Kier molecular flexibility index (Phi) is 6.82. The maximum absolute atomic E-state index is 11.8. The summed E-state index contributed by atoms with van der Waals surface area (Å²) in [5, 5.41) is 5.00. The third kappa shape index (κ3) is 6.21. The van der Waals surface area contributed by atoms with Crippen molar-refractivity contribution in [1.82, 2.24) is 10.6 Å². The molecule has 3 amide bonds. The summed E-state index contributed by atoms with van der Waals surface area (Å²) < 4.78 is 0. The second-order valence-electron chi connectivity index (χ2n) is 5.09. The van der Waals surface area contributed by atoms with Crippen LogP contribution in [0.1, 0.15) is 30.6 Å². The summed E-state index contributed by atoms with van der Waals surface area (Å²) in [4.78, 5) is 34.9. The minimum Gasteiger partial charge on any atom is -0.368 e. The third-order valence-corrected chi connectivity index (χ3v) is 2.89. The summed E-state index contributed by atoms with van der Waals surface area (Å²) in [6.45, 7) is 3.56. The molecule has 0 aliphatic rings. The standard InChI is InChI=1S/C16H21N3O3/c1-11(2)8-9-13(15(17)21)19-14(20)10-18-16(22)12-6-4-3-5-7-12/h3-8,13H,9-10H2,1-2H3,(H2,17,21)(H,18,22)(H,19,20)/t13-/m0/s1. The lowest BCUT2D eigenvalue weighted by Gasteiger charge is -2.14. The van der Waals surface area contributed by atoms with Gasteiger partial charge in [-0.15, -0.1) is 0 Å². The molecule has 0 heterocycles. The van der Waals surface area contributed by atoms with Crippen LogP contribution in [-0.4, -0.2) is 30.3 Å². The zero-order valence-electron chi connectivity index (χ0n) is 12.8. The third-order valence-electron chi connectivity index (χ3n) is 2.89. The Morgan fingerprint density at radius 1 is 1.18 bits per heavy atom. The van der Waals surface area contributed by atoms with Gasteiger partial charge in [-0.05, 0) is 32.4 Å². The molecule has 4 N–H and O–H groups in total. The Bertz CT molecular complexity index is 563. The average Bonchev–Trinajstić information content (AvgIpc) is 2.49. The topological polar surface area (TPSA) is 101 Å². The maximum atomic E-state index is 11.8. The first-order valence-electron chi connectivity index (χ1n) is 6.95. The number of allylic oxidation sites excluding steroid dienone is 1. The van der Waals surface area contributed by atoms with E-state index in [9.17, 15) is 14.4 Å². The normalized spacial score (nSPS) is 11.2. The van der Waals surface area contributed by atoms with Crippen molar-refractivity contribution in [3.05, 3.63) is 47.5 Å². The number of hydrogen-bond donors (Lipinski definition) is 3. The molecule has 1 aromatic carbocycles. The number of primary amides is 1. The number of carbonyl (C=O) groups is 3. The van der Waals surface area contributed by atoms with Gasteiger partial charge in [0.15, 0.2) is 0 Å². The van der Waals surface area contributed by atoms with E-state index in [0.29, 0.717) is 12.0 Å². The Hall–Kier alpha value is -2.63. The first-order valence-corrected chi connectivity index (χ1v) is 6.95. The van der Waals surface area contributed by atoms with E-state index in [2.05, 4.69) is 10.6 Å². The number of rotatable bonds is 7. The van der Waals surface area contributed by atoms with Crippen molar-refractivity contribution in [3.63, 3.8) is 0 Å². The fourth-order valence-electron chi connectivity index (χ4n) is 1.70. The Morgan fingerprint density at radius 2 is 1.82 bits per heavy atom. The summed E-state index contributed by atoms with van der Waals surface area (Å²) >= 11 is 0. The fraction of sp³-hybridized carbons (Fsp3) is 0.312. The molecular weight excluding hydrogens is 282 g/mol. The van der Waals surface area contributed by atoms with Crippen LogP contribution in [0.4, 0.5) is 0 Å². The van der Waals surface area contributed by atoms with E-state index in [0.717, 1.165) is 5.57 Å². The monoisotopic (exact) mass is 303 g/mol. The van der Waals surface area contributed by atoms with Crippen molar-refractivity contribution in [1.29, 1.82) is 0 Å². The summed E-state index contributed by atoms with van der Waals surface area (Å²) in [6.07, 6.45) is 2.15. The van der Waals surface area contributed by atoms with Crippen LogP contribution in [0.2, 0.25) is 0 Å². The van der Waals surface area contributed by atoms with Gasteiger partial charge in [0.2, 0.25) is 11.8 Å². The molecule has 6 nitrogen and oxygen atoms in total. The van der Waals surface area contributed by atoms with Gasteiger partial charge in [-0.3, -0.25) is 14.4 Å². The highest BCUT2D eigenvalue weighted by molar-refractivity contribution is 5.97. The zero-order valence-corrected chi connectivity index (χ0v) is 12.8. The minimum atomic E-state index is -0.781. The molecule has 0 aromatic heterocycles. The fourth-order valence-corrected chi connectivity index (χ4v) is 1.70. The predicted molar refractivity (Wildman–Crippen MR) is 83.9 cm³/mol. The number of carbonyl (C=O) groups excluding carboxylic acids is 3. The quantitative estimate of drug-likeness (QED) is 0.648. The van der Waals surface area contributed by atoms with Crippen LogP contribution in [0.15, 0.2) is 42.0 Å². The van der Waals surface area contributed by atoms with E-state index in [1.807, 2.05) is 19.9 Å². The highest BCUT2D eigenvalue weighted by atomic mass is 16.2. The van der Waals surface area contributed by atoms with Crippen molar-refractivity contribution in [3.8, 4) is 0 Å². The van der Waals surface area contributed by atoms with E-state index < -0.39 is 17.9 Å². The molecule has 1 rings (SSSR count). The number of amides is 3. The molecule has 0 saturated heterocycles. The number of nitrogens with two attached hydrogens (primary N) is 1. The first-order chi connectivity index (χ1) is 10.4. The van der Waals surface area contributed by atoms with Gasteiger partial charge in [0.1, 0.15) is 6.04 Å². The van der Waals surface area contributed by atoms with Crippen LogP contribution in [0.3, 0.4) is 0 Å². The van der Waals surface area contributed by atoms with Crippen LogP contribution >= 0.6 is 0 Å². The zero-order chi connectivity index (χ0) is 16.5. The summed E-state index contributed by atoms with van der Waals surface area (Å²) in [5.74, 6) is -1.42. The van der Waals surface area contributed by atoms with Gasteiger partial charge >= 0.3 is 0 Å². The highest BCUT2D eigenvalue weighted by Gasteiger charge is 2.17. The van der Waals surface area contributed by atoms with Gasteiger partial charge in [0.25, 0.3) is 5.91 Å². The average molecular weight is 303 g/mol. The Balaban J connectivity index is 2.49. The Morgan fingerprint density at radius 3 is 2.36 bits per heavy atom. The summed E-state index contributed by atoms with van der Waals surface area (Å²) in [5.41, 5.74) is 6.74. The molecule has 0 radical (unpaired) electrons. The van der Waals surface area contributed by atoms with Gasteiger partial charge in [-0.25, -0.2) is 0 Å². The molecule has 22 heavy (non-hydrogen) atoms. The van der Waals surface area contributed by atoms with E-state index in [1.54, 1.807) is 30.3 Å². The molecule has 0 aliphatic heterocycles. The molecule has 0 fully saturated rings. The lowest BCUT2D eigenvalue weighted by molar-refractivity contribution is -0.126. The van der Waals surface area contributed by atoms with Crippen LogP contribution in [0.5, 0.6) is 0 Å². The van der Waals surface area contributed by atoms with Gasteiger partial charge in [-0.1, -0.05) is 29.8 Å². The molecule has 0 unspecified atom stereocenters. The molecule has 0 saturated carbocycles. The van der Waals surface area contributed by atoms with Gasteiger partial charge in [0.05, 0.1) is 6.54 Å². The van der Waals surface area contributed by atoms with Crippen LogP contribution in [0.25, 0.3) is 0 Å². The van der Waals surface area contributed by atoms with Gasteiger partial charge in [0, 0.05) is 5.56 Å². The number of benzene rings is 1. The van der Waals surface area contributed by atoms with Crippen molar-refractivity contribution in [2.24, 2.45) is 5.73 Å². The SMILES string of the molecule is CC(C)=CC[C@H](NC(=O)CNC(=O)c1ccccc1)C(N)=O. The molecule has 0 spiro atoms. The van der Waals surface area contributed by atoms with Gasteiger partial charge < -0.3 is 16.4 Å². The largest absolute Gasteiger partial charge is 0.368 e. The molecular formula is C16H21N3O3. The van der Waals surface area contributed by atoms with Crippen molar-refractivity contribution in [2.75, 3.05) is 6.54 Å². The lowest BCUT2D eigenvalue weighted by Crippen LogP contribution is -2.47. The summed E-state index contributed by atoms with van der Waals surface area (Å²) in [6, 6.07) is 7.78. The number of nitrogens with one attached hydrogen (secondary N) is 2. The lowest BCUT2D eigenvalue weighted by atomic mass is 10.1. The van der Waals surface area contributed by atoms with Crippen LogP contribution in [-0.2, 0) is 9.59 Å². The molecule has 0 aliphatic carbocycles. The second-order valence-corrected chi connectivity index (χ2v) is 5.09. The minimum absolute atomic E-state index is 0.216. The molecule has 0 bridgehead atoms. The van der Waals surface area contributed by atoms with Crippen LogP contribution < -0.4 is 16.4 Å². The molecule has 118 valence electrons. The summed E-state index contributed by atoms with van der Waals surface area (Å²) in [7, 11) is 0. The highest BCUT2D eigenvalue weighted by Crippen LogP contribution is 1.99. The van der Waals surface area contributed by atoms with Crippen molar-refractivity contribution >= 4 is 17.7 Å². The first kappa shape index (κ1) is 17.4. The Labute approximate surface area is 129 Å². The van der Waals surface area contributed by atoms with Crippen molar-refractivity contribution < 1.29 is 14.4 Å². The van der Waals surface area contributed by atoms with Crippen LogP contribution in [0, 0.1) is 0 Å². The number of hydrogen-bond acceptors (Lipinski definition) is 3. The maximum Gasteiger partial charge on any atom is 0.251 e. The second kappa shape index (κ2) is 8.61. The predicted octanol–water partition coefficient (Wildman–Crippen LogP) is 0.743.